The normalized spacial score (nSPS) is 11.1. The highest BCUT2D eigenvalue weighted by Gasteiger charge is 2.16. The minimum Gasteiger partial charge on any atom is -0.496 e. The Hall–Kier alpha value is -4.12. The molecule has 0 radical (unpaired) electrons. The molecule has 5 aromatic rings. The first-order chi connectivity index (χ1) is 14.7. The van der Waals surface area contributed by atoms with Crippen LogP contribution in [-0.2, 0) is 0 Å². The molecule has 0 fully saturated rings. The van der Waals surface area contributed by atoms with Crippen molar-refractivity contribution < 1.29 is 14.6 Å². The maximum Gasteiger partial charge on any atom is 0.339 e. The Bertz CT molecular complexity index is 1420. The summed E-state index contributed by atoms with van der Waals surface area (Å²) in [5.74, 6) is -0.676. The van der Waals surface area contributed by atoms with Crippen LogP contribution in [0.4, 0.5) is 0 Å². The van der Waals surface area contributed by atoms with E-state index < -0.39 is 5.97 Å². The monoisotopic (exact) mass is 394 g/mol. The third-order valence-corrected chi connectivity index (χ3v) is 5.38. The molecule has 5 rings (SSSR count). The lowest BCUT2D eigenvalue weighted by Gasteiger charge is -2.15. The summed E-state index contributed by atoms with van der Waals surface area (Å²) in [7, 11) is 1.49. The molecule has 146 valence electrons. The Kier molecular flexibility index (Phi) is 4.21. The lowest BCUT2D eigenvalue weighted by molar-refractivity contribution is 0.0693. The van der Waals surface area contributed by atoms with E-state index in [1.807, 2.05) is 24.3 Å². The number of rotatable bonds is 4. The number of hydrogen-bond donors (Lipinski definition) is 2. The number of aromatic carboxylic acids is 1. The van der Waals surface area contributed by atoms with Gasteiger partial charge in [-0.2, -0.15) is 0 Å². The second kappa shape index (κ2) is 7.04. The molecule has 1 heterocycles. The van der Waals surface area contributed by atoms with Gasteiger partial charge < -0.3 is 14.8 Å². The fraction of sp³-hybridized carbons (Fsp3) is 0.0400. The van der Waals surface area contributed by atoms with Gasteiger partial charge in [0.1, 0.15) is 11.3 Å². The summed E-state index contributed by atoms with van der Waals surface area (Å²) >= 11 is 0. The van der Waals surface area contributed by atoms with Gasteiger partial charge in [-0.15, -0.1) is 0 Å². The van der Waals surface area contributed by atoms with Gasteiger partial charge in [-0.05, 0) is 57.3 Å². The fourth-order valence-corrected chi connectivity index (χ4v) is 3.95. The standard InChI is InChI=1S/C25H18N2O3/c1-30-23-13-16(7-10-20(23)25(28)29)19-9-6-15-4-2-3-5-18(15)24(19)17-8-11-21-22(12-17)27-14-26-21/h2-14H,1H3,(H,26,27)(H,28,29). The summed E-state index contributed by atoms with van der Waals surface area (Å²) in [6, 6.07) is 23.8. The van der Waals surface area contributed by atoms with Crippen LogP contribution in [0.25, 0.3) is 44.1 Å². The highest BCUT2D eigenvalue weighted by Crippen LogP contribution is 2.40. The molecule has 0 unspecified atom stereocenters. The maximum absolute atomic E-state index is 11.5. The Morgan fingerprint density at radius 2 is 1.80 bits per heavy atom. The summed E-state index contributed by atoms with van der Waals surface area (Å²) < 4.78 is 5.35. The SMILES string of the molecule is COc1cc(-c2ccc3ccccc3c2-c2ccc3nc[nH]c3c2)ccc1C(=O)O. The van der Waals surface area contributed by atoms with Crippen LogP contribution < -0.4 is 4.74 Å². The summed E-state index contributed by atoms with van der Waals surface area (Å²) in [6.45, 7) is 0. The molecule has 0 bridgehead atoms. The average Bonchev–Trinajstić information content (AvgIpc) is 3.25. The van der Waals surface area contributed by atoms with E-state index in [0.717, 1.165) is 44.1 Å². The first kappa shape index (κ1) is 17.9. The lowest BCUT2D eigenvalue weighted by atomic mass is 9.89. The number of methoxy groups -OCH3 is 1. The summed E-state index contributed by atoms with van der Waals surface area (Å²) in [5.41, 5.74) is 6.04. The molecule has 5 heteroatoms. The largest absolute Gasteiger partial charge is 0.496 e. The molecule has 0 saturated heterocycles. The molecule has 5 nitrogen and oxygen atoms in total. The quantitative estimate of drug-likeness (QED) is 0.407. The second-order valence-corrected chi connectivity index (χ2v) is 7.06. The van der Waals surface area contributed by atoms with Crippen molar-refractivity contribution in [3.63, 3.8) is 0 Å². The van der Waals surface area contributed by atoms with Gasteiger partial charge in [0.05, 0.1) is 24.5 Å². The number of carbonyl (C=O) groups is 1. The van der Waals surface area contributed by atoms with Gasteiger partial charge in [0.25, 0.3) is 0 Å². The number of H-pyrrole nitrogens is 1. The van der Waals surface area contributed by atoms with Gasteiger partial charge in [0, 0.05) is 0 Å². The predicted octanol–water partition coefficient (Wildman–Crippen LogP) is 5.76. The summed E-state index contributed by atoms with van der Waals surface area (Å²) in [4.78, 5) is 19.0. The lowest BCUT2D eigenvalue weighted by Crippen LogP contribution is -2.00. The van der Waals surface area contributed by atoms with Gasteiger partial charge in [-0.25, -0.2) is 9.78 Å². The molecule has 0 aliphatic rings. The molecular weight excluding hydrogens is 376 g/mol. The van der Waals surface area contributed by atoms with E-state index >= 15 is 0 Å². The van der Waals surface area contributed by atoms with Crippen molar-refractivity contribution in [2.24, 2.45) is 0 Å². The van der Waals surface area contributed by atoms with Crippen molar-refractivity contribution in [1.29, 1.82) is 0 Å². The number of nitrogens with zero attached hydrogens (tertiary/aromatic N) is 1. The molecule has 0 aliphatic carbocycles. The topological polar surface area (TPSA) is 75.2 Å². The number of carboxylic acid groups (broad SMARTS) is 1. The van der Waals surface area contributed by atoms with Crippen LogP contribution in [-0.4, -0.2) is 28.2 Å². The molecule has 2 N–H and O–H groups in total. The van der Waals surface area contributed by atoms with Gasteiger partial charge in [0.15, 0.2) is 0 Å². The van der Waals surface area contributed by atoms with Crippen molar-refractivity contribution in [2.45, 2.75) is 0 Å². The zero-order valence-electron chi connectivity index (χ0n) is 16.2. The number of benzene rings is 4. The van der Waals surface area contributed by atoms with E-state index in [0.29, 0.717) is 5.75 Å². The molecule has 0 saturated carbocycles. The van der Waals surface area contributed by atoms with Crippen molar-refractivity contribution in [2.75, 3.05) is 7.11 Å². The second-order valence-electron chi connectivity index (χ2n) is 7.06. The van der Waals surface area contributed by atoms with Crippen molar-refractivity contribution in [3.8, 4) is 28.0 Å². The third kappa shape index (κ3) is 2.88. The Morgan fingerprint density at radius 1 is 0.967 bits per heavy atom. The van der Waals surface area contributed by atoms with E-state index in [1.165, 1.54) is 7.11 Å². The van der Waals surface area contributed by atoms with Crippen molar-refractivity contribution in [3.05, 3.63) is 84.7 Å². The Labute approximate surface area is 172 Å². The minimum absolute atomic E-state index is 0.141. The first-order valence-electron chi connectivity index (χ1n) is 9.52. The number of fused-ring (bicyclic) bond motifs is 2. The molecule has 0 atom stereocenters. The molecule has 1 aromatic heterocycles. The first-order valence-corrected chi connectivity index (χ1v) is 9.52. The maximum atomic E-state index is 11.5. The molecular formula is C25H18N2O3. The average molecular weight is 394 g/mol. The number of imidazole rings is 1. The molecule has 0 amide bonds. The van der Waals surface area contributed by atoms with E-state index in [-0.39, 0.29) is 5.56 Å². The number of ether oxygens (including phenoxy) is 1. The number of nitrogens with one attached hydrogen (secondary N) is 1. The Balaban J connectivity index is 1.81. The summed E-state index contributed by atoms with van der Waals surface area (Å²) in [5, 5.41) is 11.7. The van der Waals surface area contributed by atoms with Crippen molar-refractivity contribution in [1.82, 2.24) is 9.97 Å². The van der Waals surface area contributed by atoms with Gasteiger partial charge in [-0.1, -0.05) is 48.5 Å². The van der Waals surface area contributed by atoms with E-state index in [2.05, 4.69) is 46.4 Å². The Morgan fingerprint density at radius 3 is 2.63 bits per heavy atom. The number of carboxylic acids is 1. The molecule has 0 aliphatic heterocycles. The van der Waals surface area contributed by atoms with Crippen LogP contribution in [0, 0.1) is 0 Å². The third-order valence-electron chi connectivity index (χ3n) is 5.38. The van der Waals surface area contributed by atoms with Gasteiger partial charge >= 0.3 is 5.97 Å². The zero-order valence-corrected chi connectivity index (χ0v) is 16.2. The number of aromatic amines is 1. The highest BCUT2D eigenvalue weighted by atomic mass is 16.5. The fourth-order valence-electron chi connectivity index (χ4n) is 3.95. The molecule has 4 aromatic carbocycles. The number of hydrogen-bond acceptors (Lipinski definition) is 3. The van der Waals surface area contributed by atoms with Crippen LogP contribution >= 0.6 is 0 Å². The predicted molar refractivity (Wildman–Crippen MR) is 118 cm³/mol. The van der Waals surface area contributed by atoms with Crippen LogP contribution in [0.3, 0.4) is 0 Å². The molecule has 0 spiro atoms. The van der Waals surface area contributed by atoms with E-state index in [9.17, 15) is 9.90 Å². The smallest absolute Gasteiger partial charge is 0.339 e. The van der Waals surface area contributed by atoms with E-state index in [4.69, 9.17) is 4.74 Å². The van der Waals surface area contributed by atoms with Crippen molar-refractivity contribution >= 4 is 27.8 Å². The van der Waals surface area contributed by atoms with Crippen LogP contribution in [0.5, 0.6) is 5.75 Å². The number of aromatic nitrogens is 2. The molecule has 30 heavy (non-hydrogen) atoms. The van der Waals surface area contributed by atoms with E-state index in [1.54, 1.807) is 18.5 Å². The highest BCUT2D eigenvalue weighted by molar-refractivity contribution is 6.05. The van der Waals surface area contributed by atoms with Crippen LogP contribution in [0.2, 0.25) is 0 Å². The summed E-state index contributed by atoms with van der Waals surface area (Å²) in [6.07, 6.45) is 1.69. The van der Waals surface area contributed by atoms with Crippen LogP contribution in [0.1, 0.15) is 10.4 Å². The van der Waals surface area contributed by atoms with Crippen LogP contribution in [0.15, 0.2) is 79.1 Å². The van der Waals surface area contributed by atoms with Gasteiger partial charge in [0.2, 0.25) is 0 Å². The van der Waals surface area contributed by atoms with Gasteiger partial charge in [-0.3, -0.25) is 0 Å². The zero-order chi connectivity index (χ0) is 20.7. The minimum atomic E-state index is -1.01.